The highest BCUT2D eigenvalue weighted by molar-refractivity contribution is 5.96. The van der Waals surface area contributed by atoms with Crippen LogP contribution in [-0.2, 0) is 6.54 Å². The molecule has 0 atom stereocenters. The summed E-state index contributed by atoms with van der Waals surface area (Å²) in [6.07, 6.45) is 11.0. The van der Waals surface area contributed by atoms with Crippen molar-refractivity contribution in [1.29, 1.82) is 0 Å². The fourth-order valence-electron chi connectivity index (χ4n) is 4.00. The second-order valence-corrected chi connectivity index (χ2v) is 7.93. The van der Waals surface area contributed by atoms with Crippen LogP contribution in [0, 0.1) is 17.3 Å². The van der Waals surface area contributed by atoms with E-state index >= 15 is 0 Å². The summed E-state index contributed by atoms with van der Waals surface area (Å²) in [4.78, 5) is 29.1. The topological polar surface area (TPSA) is 69.3 Å². The number of rotatable bonds is 4. The standard InChI is InChI=1S/C18H24N4O2/c1-12(2)15(23)14-10-21(17-19-11-20-22(17)16(14)24)9-13-3-5-18(6-4-13)7-8-18/h10-13H,3-9H2,1-2H3. The highest BCUT2D eigenvalue weighted by Gasteiger charge is 2.44. The molecule has 4 rings (SSSR count). The molecule has 0 radical (unpaired) electrons. The Morgan fingerprint density at radius 3 is 2.62 bits per heavy atom. The third-order valence-electron chi connectivity index (χ3n) is 5.86. The largest absolute Gasteiger partial charge is 0.316 e. The lowest BCUT2D eigenvalue weighted by Crippen LogP contribution is -2.29. The molecule has 6 nitrogen and oxygen atoms in total. The van der Waals surface area contributed by atoms with Crippen molar-refractivity contribution in [2.45, 2.75) is 58.9 Å². The Morgan fingerprint density at radius 2 is 2.00 bits per heavy atom. The minimum Gasteiger partial charge on any atom is -0.316 e. The molecule has 24 heavy (non-hydrogen) atoms. The first-order chi connectivity index (χ1) is 11.5. The Labute approximate surface area is 140 Å². The van der Waals surface area contributed by atoms with E-state index in [1.807, 2.05) is 18.4 Å². The zero-order valence-electron chi connectivity index (χ0n) is 14.4. The average Bonchev–Trinajstić information content (AvgIpc) is 3.13. The molecule has 128 valence electrons. The number of hydrogen-bond acceptors (Lipinski definition) is 4. The predicted octanol–water partition coefficient (Wildman–Crippen LogP) is 2.70. The van der Waals surface area contributed by atoms with Crippen molar-refractivity contribution in [3.8, 4) is 0 Å². The molecule has 0 amide bonds. The van der Waals surface area contributed by atoms with Crippen molar-refractivity contribution in [3.63, 3.8) is 0 Å². The molecule has 2 fully saturated rings. The van der Waals surface area contributed by atoms with Crippen molar-refractivity contribution in [2.24, 2.45) is 17.3 Å². The quantitative estimate of drug-likeness (QED) is 0.809. The summed E-state index contributed by atoms with van der Waals surface area (Å²) in [5.74, 6) is 0.775. The molecule has 2 heterocycles. The molecule has 2 aromatic heterocycles. The molecule has 1 spiro atoms. The predicted molar refractivity (Wildman–Crippen MR) is 90.0 cm³/mol. The van der Waals surface area contributed by atoms with Crippen molar-refractivity contribution in [2.75, 3.05) is 0 Å². The van der Waals surface area contributed by atoms with Crippen LogP contribution in [0.15, 0.2) is 17.3 Å². The lowest BCUT2D eigenvalue weighted by molar-refractivity contribution is 0.0936. The summed E-state index contributed by atoms with van der Waals surface area (Å²) in [6.45, 7) is 4.43. The number of nitrogens with zero attached hydrogens (tertiary/aromatic N) is 4. The minimum atomic E-state index is -0.363. The summed E-state index contributed by atoms with van der Waals surface area (Å²) in [5, 5.41) is 4.03. The minimum absolute atomic E-state index is 0.133. The maximum absolute atomic E-state index is 12.5. The van der Waals surface area contributed by atoms with Crippen molar-refractivity contribution in [3.05, 3.63) is 28.4 Å². The normalized spacial score (nSPS) is 20.1. The molecule has 2 saturated carbocycles. The average molecular weight is 328 g/mol. The SMILES string of the molecule is CC(C)C(=O)c1cn(CC2CCC3(CC2)CC3)c2ncnn2c1=O. The van der Waals surface area contributed by atoms with E-state index < -0.39 is 0 Å². The van der Waals surface area contributed by atoms with Gasteiger partial charge in [-0.15, -0.1) is 0 Å². The highest BCUT2D eigenvalue weighted by Crippen LogP contribution is 2.57. The van der Waals surface area contributed by atoms with E-state index in [0.717, 1.165) is 6.54 Å². The molecule has 2 aromatic rings. The third-order valence-corrected chi connectivity index (χ3v) is 5.86. The van der Waals surface area contributed by atoms with Gasteiger partial charge in [-0.1, -0.05) is 13.8 Å². The molecular weight excluding hydrogens is 304 g/mol. The molecule has 0 aliphatic heterocycles. The number of aromatic nitrogens is 4. The van der Waals surface area contributed by atoms with E-state index in [-0.39, 0.29) is 22.8 Å². The van der Waals surface area contributed by atoms with Crippen molar-refractivity contribution >= 4 is 11.6 Å². The van der Waals surface area contributed by atoms with Gasteiger partial charge in [0.15, 0.2) is 5.78 Å². The first-order valence-electron chi connectivity index (χ1n) is 8.96. The van der Waals surface area contributed by atoms with Gasteiger partial charge < -0.3 is 4.57 Å². The van der Waals surface area contributed by atoms with Gasteiger partial charge in [0.2, 0.25) is 5.78 Å². The summed E-state index contributed by atoms with van der Waals surface area (Å²) in [6, 6.07) is 0. The van der Waals surface area contributed by atoms with Crippen LogP contribution in [0.25, 0.3) is 5.78 Å². The smallest absolute Gasteiger partial charge is 0.286 e. The van der Waals surface area contributed by atoms with E-state index in [1.165, 1.54) is 49.4 Å². The Morgan fingerprint density at radius 1 is 1.29 bits per heavy atom. The lowest BCUT2D eigenvalue weighted by atomic mass is 9.80. The summed E-state index contributed by atoms with van der Waals surface area (Å²) >= 11 is 0. The van der Waals surface area contributed by atoms with Gasteiger partial charge in [0.05, 0.1) is 0 Å². The van der Waals surface area contributed by atoms with E-state index in [9.17, 15) is 9.59 Å². The van der Waals surface area contributed by atoms with Gasteiger partial charge in [0, 0.05) is 18.7 Å². The Kier molecular flexibility index (Phi) is 3.58. The number of hydrogen-bond donors (Lipinski definition) is 0. The fourth-order valence-corrected chi connectivity index (χ4v) is 4.00. The van der Waals surface area contributed by atoms with Crippen LogP contribution >= 0.6 is 0 Å². The summed E-state index contributed by atoms with van der Waals surface area (Å²) in [7, 11) is 0. The van der Waals surface area contributed by atoms with E-state index in [2.05, 4.69) is 10.1 Å². The monoisotopic (exact) mass is 328 g/mol. The first kappa shape index (κ1) is 15.5. The third kappa shape index (κ3) is 2.58. The van der Waals surface area contributed by atoms with Crippen LogP contribution in [0.2, 0.25) is 0 Å². The highest BCUT2D eigenvalue weighted by atomic mass is 16.1. The lowest BCUT2D eigenvalue weighted by Gasteiger charge is -2.29. The maximum atomic E-state index is 12.5. The van der Waals surface area contributed by atoms with Crippen LogP contribution in [0.5, 0.6) is 0 Å². The molecule has 0 bridgehead atoms. The van der Waals surface area contributed by atoms with Gasteiger partial charge >= 0.3 is 0 Å². The van der Waals surface area contributed by atoms with Gasteiger partial charge in [0.25, 0.3) is 5.56 Å². The zero-order valence-corrected chi connectivity index (χ0v) is 14.4. The molecule has 0 aromatic carbocycles. The van der Waals surface area contributed by atoms with Gasteiger partial charge in [-0.3, -0.25) is 9.59 Å². The zero-order chi connectivity index (χ0) is 16.9. The Hall–Kier alpha value is -1.98. The van der Waals surface area contributed by atoms with Crippen molar-refractivity contribution in [1.82, 2.24) is 19.2 Å². The van der Waals surface area contributed by atoms with Crippen LogP contribution in [0.4, 0.5) is 0 Å². The van der Waals surface area contributed by atoms with Gasteiger partial charge in [0.1, 0.15) is 11.9 Å². The molecular formula is C18H24N4O2. The number of ketones is 1. The van der Waals surface area contributed by atoms with E-state index in [4.69, 9.17) is 0 Å². The van der Waals surface area contributed by atoms with Crippen molar-refractivity contribution < 1.29 is 4.79 Å². The second kappa shape index (κ2) is 5.53. The van der Waals surface area contributed by atoms with Gasteiger partial charge in [-0.2, -0.15) is 14.6 Å². The number of fused-ring (bicyclic) bond motifs is 1. The molecule has 0 unspecified atom stereocenters. The molecule has 0 N–H and O–H groups in total. The number of carbonyl (C=O) groups is 1. The van der Waals surface area contributed by atoms with E-state index in [1.54, 1.807) is 6.20 Å². The Balaban J connectivity index is 1.66. The summed E-state index contributed by atoms with van der Waals surface area (Å²) < 4.78 is 3.22. The van der Waals surface area contributed by atoms with Crippen LogP contribution in [0.1, 0.15) is 62.7 Å². The molecule has 2 aliphatic carbocycles. The van der Waals surface area contributed by atoms with Crippen LogP contribution in [0.3, 0.4) is 0 Å². The van der Waals surface area contributed by atoms with Gasteiger partial charge in [-0.25, -0.2) is 0 Å². The number of Topliss-reactive ketones (excluding diaryl/α,β-unsaturated/α-hetero) is 1. The number of carbonyl (C=O) groups excluding carboxylic acids is 1. The second-order valence-electron chi connectivity index (χ2n) is 7.93. The molecule has 6 heteroatoms. The summed E-state index contributed by atoms with van der Waals surface area (Å²) in [5.41, 5.74) is 0.527. The van der Waals surface area contributed by atoms with Gasteiger partial charge in [-0.05, 0) is 49.9 Å². The molecule has 2 aliphatic rings. The van der Waals surface area contributed by atoms with Crippen LogP contribution < -0.4 is 5.56 Å². The van der Waals surface area contributed by atoms with E-state index in [0.29, 0.717) is 17.1 Å². The fraction of sp³-hybridized carbons (Fsp3) is 0.667. The maximum Gasteiger partial charge on any atom is 0.286 e. The Bertz CT molecular complexity index is 834. The van der Waals surface area contributed by atoms with Crippen LogP contribution in [-0.4, -0.2) is 24.9 Å². The first-order valence-corrected chi connectivity index (χ1v) is 8.96. The molecule has 0 saturated heterocycles.